The quantitative estimate of drug-likeness (QED) is 0.629. The molecule has 0 unspecified atom stereocenters. The van der Waals surface area contributed by atoms with Crippen molar-refractivity contribution in [3.63, 3.8) is 0 Å². The van der Waals surface area contributed by atoms with Crippen LogP contribution in [0.1, 0.15) is 17.4 Å². The molecule has 1 aliphatic heterocycles. The normalized spacial score (nSPS) is 16.0. The fraction of sp³-hybridized carbons (Fsp3) is 0.118. The van der Waals surface area contributed by atoms with Crippen LogP contribution in [-0.2, 0) is 9.53 Å². The number of hydrogen-bond donors (Lipinski definition) is 0. The highest BCUT2D eigenvalue weighted by Gasteiger charge is 2.22. The van der Waals surface area contributed by atoms with Crippen LogP contribution in [0.5, 0.6) is 5.75 Å². The molecule has 0 radical (unpaired) electrons. The lowest BCUT2D eigenvalue weighted by atomic mass is 10.1. The molecule has 0 bridgehead atoms. The Bertz CT molecular complexity index is 694. The fourth-order valence-corrected chi connectivity index (χ4v) is 2.71. The van der Waals surface area contributed by atoms with Crippen molar-refractivity contribution >= 4 is 29.1 Å². The topological polar surface area (TPSA) is 35.5 Å². The molecule has 1 aliphatic rings. The minimum atomic E-state index is -0.313. The van der Waals surface area contributed by atoms with E-state index in [1.807, 2.05) is 54.8 Å². The first-order valence-electron chi connectivity index (χ1n) is 6.68. The zero-order valence-corrected chi connectivity index (χ0v) is 12.4. The van der Waals surface area contributed by atoms with Crippen molar-refractivity contribution in [1.29, 1.82) is 0 Å². The summed E-state index contributed by atoms with van der Waals surface area (Å²) in [5.74, 6) is 1.07. The Hall–Kier alpha value is -2.33. The number of hydrogen-bond acceptors (Lipinski definition) is 4. The van der Waals surface area contributed by atoms with Gasteiger partial charge in [0.05, 0.1) is 12.2 Å². The Morgan fingerprint density at radius 3 is 2.71 bits per heavy atom. The number of carbonyl (C=O) groups excluding carboxylic acids is 1. The molecule has 0 spiro atoms. The van der Waals surface area contributed by atoms with Crippen LogP contribution >= 0.6 is 11.3 Å². The maximum absolute atomic E-state index is 11.9. The van der Waals surface area contributed by atoms with Crippen molar-refractivity contribution in [3.05, 3.63) is 63.9 Å². The Labute approximate surface area is 127 Å². The van der Waals surface area contributed by atoms with Crippen LogP contribution < -0.4 is 4.74 Å². The van der Waals surface area contributed by atoms with Crippen LogP contribution in [0.15, 0.2) is 53.4 Å². The van der Waals surface area contributed by atoms with Crippen LogP contribution in [0, 0.1) is 0 Å². The van der Waals surface area contributed by atoms with Crippen molar-refractivity contribution in [2.45, 2.75) is 6.92 Å². The van der Waals surface area contributed by atoms with E-state index in [4.69, 9.17) is 9.47 Å². The molecule has 0 amide bonds. The highest BCUT2D eigenvalue weighted by atomic mass is 32.1. The van der Waals surface area contributed by atoms with Crippen LogP contribution in [0.25, 0.3) is 11.8 Å². The van der Waals surface area contributed by atoms with E-state index in [-0.39, 0.29) is 5.97 Å². The Morgan fingerprint density at radius 2 is 2.05 bits per heavy atom. The first-order valence-corrected chi connectivity index (χ1v) is 7.56. The number of rotatable bonds is 4. The summed E-state index contributed by atoms with van der Waals surface area (Å²) >= 11 is 1.59. The minimum Gasteiger partial charge on any atom is -0.494 e. The lowest BCUT2D eigenvalue weighted by molar-refractivity contribution is -0.130. The highest BCUT2D eigenvalue weighted by Crippen LogP contribution is 2.29. The van der Waals surface area contributed by atoms with Gasteiger partial charge >= 0.3 is 5.97 Å². The standard InChI is InChI=1S/C17H14O3S/c1-2-19-14-7-5-12(6-8-14)16-11-13(17(18)20-16)10-15-4-3-9-21-15/h3-11H,2H2,1H3/b13-10-. The van der Waals surface area contributed by atoms with Gasteiger partial charge in [-0.25, -0.2) is 4.79 Å². The van der Waals surface area contributed by atoms with Gasteiger partial charge in [-0.05, 0) is 54.8 Å². The van der Waals surface area contributed by atoms with Gasteiger partial charge in [0.15, 0.2) is 0 Å². The van der Waals surface area contributed by atoms with E-state index in [9.17, 15) is 4.79 Å². The number of carbonyl (C=O) groups is 1. The smallest absolute Gasteiger partial charge is 0.343 e. The molecule has 3 rings (SSSR count). The summed E-state index contributed by atoms with van der Waals surface area (Å²) in [5.41, 5.74) is 1.43. The summed E-state index contributed by atoms with van der Waals surface area (Å²) in [6.45, 7) is 2.57. The van der Waals surface area contributed by atoms with Crippen LogP contribution in [0.4, 0.5) is 0 Å². The Balaban J connectivity index is 1.84. The van der Waals surface area contributed by atoms with E-state index in [2.05, 4.69) is 0 Å². The molecule has 0 fully saturated rings. The van der Waals surface area contributed by atoms with Gasteiger partial charge in [-0.1, -0.05) is 6.07 Å². The van der Waals surface area contributed by atoms with Gasteiger partial charge in [-0.2, -0.15) is 0 Å². The van der Waals surface area contributed by atoms with E-state index < -0.39 is 0 Å². The molecule has 0 saturated heterocycles. The second kappa shape index (κ2) is 5.97. The number of ether oxygens (including phenoxy) is 2. The fourth-order valence-electron chi connectivity index (χ4n) is 2.04. The molecule has 2 aromatic rings. The van der Waals surface area contributed by atoms with E-state index in [1.54, 1.807) is 17.4 Å². The predicted molar refractivity (Wildman–Crippen MR) is 84.0 cm³/mol. The zero-order valence-electron chi connectivity index (χ0n) is 11.5. The van der Waals surface area contributed by atoms with Gasteiger partial charge in [-0.15, -0.1) is 11.3 Å². The minimum absolute atomic E-state index is 0.313. The predicted octanol–water partition coefficient (Wildman–Crippen LogP) is 4.13. The maximum Gasteiger partial charge on any atom is 0.343 e. The summed E-state index contributed by atoms with van der Waals surface area (Å²) in [7, 11) is 0. The van der Waals surface area contributed by atoms with E-state index in [0.717, 1.165) is 16.2 Å². The summed E-state index contributed by atoms with van der Waals surface area (Å²) < 4.78 is 10.7. The molecule has 21 heavy (non-hydrogen) atoms. The van der Waals surface area contributed by atoms with Crippen LogP contribution in [0.2, 0.25) is 0 Å². The van der Waals surface area contributed by atoms with Crippen LogP contribution in [0.3, 0.4) is 0 Å². The lowest BCUT2D eigenvalue weighted by Gasteiger charge is -2.05. The molecule has 0 N–H and O–H groups in total. The number of esters is 1. The highest BCUT2D eigenvalue weighted by molar-refractivity contribution is 7.10. The van der Waals surface area contributed by atoms with Gasteiger partial charge in [0, 0.05) is 10.4 Å². The Kier molecular flexibility index (Phi) is 3.88. The molecule has 0 aliphatic carbocycles. The zero-order chi connectivity index (χ0) is 14.7. The Morgan fingerprint density at radius 1 is 1.24 bits per heavy atom. The van der Waals surface area contributed by atoms with Gasteiger partial charge in [0.25, 0.3) is 0 Å². The summed E-state index contributed by atoms with van der Waals surface area (Å²) in [6.07, 6.45) is 3.62. The summed E-state index contributed by atoms with van der Waals surface area (Å²) in [6, 6.07) is 11.4. The van der Waals surface area contributed by atoms with E-state index in [0.29, 0.717) is 17.9 Å². The molecule has 2 heterocycles. The number of thiophene rings is 1. The third-order valence-corrected chi connectivity index (χ3v) is 3.84. The summed E-state index contributed by atoms with van der Waals surface area (Å²) in [5, 5.41) is 1.98. The lowest BCUT2D eigenvalue weighted by Crippen LogP contribution is -1.97. The third-order valence-electron chi connectivity index (χ3n) is 3.02. The van der Waals surface area contributed by atoms with Gasteiger partial charge < -0.3 is 9.47 Å². The van der Waals surface area contributed by atoms with Crippen molar-refractivity contribution in [1.82, 2.24) is 0 Å². The maximum atomic E-state index is 11.9. The van der Waals surface area contributed by atoms with Crippen molar-refractivity contribution in [3.8, 4) is 5.75 Å². The van der Waals surface area contributed by atoms with Gasteiger partial charge in [0.1, 0.15) is 11.5 Å². The molecule has 0 atom stereocenters. The largest absolute Gasteiger partial charge is 0.494 e. The van der Waals surface area contributed by atoms with E-state index >= 15 is 0 Å². The average molecular weight is 298 g/mol. The van der Waals surface area contributed by atoms with Gasteiger partial charge in [0.2, 0.25) is 0 Å². The first kappa shape index (κ1) is 13.6. The molecule has 0 saturated carbocycles. The number of cyclic esters (lactones) is 1. The number of benzene rings is 1. The molecule has 3 nitrogen and oxygen atoms in total. The second-order valence-electron chi connectivity index (χ2n) is 4.47. The molecule has 1 aromatic heterocycles. The van der Waals surface area contributed by atoms with Gasteiger partial charge in [-0.3, -0.25) is 0 Å². The van der Waals surface area contributed by atoms with Crippen molar-refractivity contribution < 1.29 is 14.3 Å². The molecule has 4 heteroatoms. The molecule has 106 valence electrons. The van der Waals surface area contributed by atoms with Crippen molar-refractivity contribution in [2.24, 2.45) is 0 Å². The average Bonchev–Trinajstić information content (AvgIpc) is 3.11. The molecule has 1 aromatic carbocycles. The van der Waals surface area contributed by atoms with Crippen LogP contribution in [-0.4, -0.2) is 12.6 Å². The first-order chi connectivity index (χ1) is 10.3. The molecular weight excluding hydrogens is 284 g/mol. The molecular formula is C17H14O3S. The second-order valence-corrected chi connectivity index (χ2v) is 5.45. The SMILES string of the molecule is CCOc1ccc(C2=C/C(=C/c3cccs3)C(=O)O2)cc1. The summed E-state index contributed by atoms with van der Waals surface area (Å²) in [4.78, 5) is 12.9. The van der Waals surface area contributed by atoms with E-state index in [1.165, 1.54) is 0 Å². The third kappa shape index (κ3) is 3.06. The monoisotopic (exact) mass is 298 g/mol. The van der Waals surface area contributed by atoms with Crippen molar-refractivity contribution in [2.75, 3.05) is 6.61 Å².